The average molecular weight is 394 g/mol. The van der Waals surface area contributed by atoms with E-state index in [-0.39, 0.29) is 11.7 Å². The van der Waals surface area contributed by atoms with Gasteiger partial charge in [-0.2, -0.15) is 0 Å². The first-order chi connectivity index (χ1) is 14.8. The number of nitrogens with zero attached hydrogens (tertiary/aromatic N) is 4. The van der Waals surface area contributed by atoms with Gasteiger partial charge in [0.15, 0.2) is 17.3 Å². The average Bonchev–Trinajstić information content (AvgIpc) is 3.24. The molecular formula is C24H18N4O2. The van der Waals surface area contributed by atoms with Gasteiger partial charge in [-0.3, -0.25) is 4.79 Å². The van der Waals surface area contributed by atoms with E-state index in [1.807, 2.05) is 60.7 Å². The molecule has 0 bridgehead atoms. The van der Waals surface area contributed by atoms with Gasteiger partial charge in [0, 0.05) is 29.9 Å². The molecule has 0 saturated carbocycles. The molecule has 2 aromatic heterocycles. The zero-order valence-corrected chi connectivity index (χ0v) is 16.2. The van der Waals surface area contributed by atoms with Crippen molar-refractivity contribution in [1.29, 1.82) is 0 Å². The molecule has 6 rings (SSSR count). The topological polar surface area (TPSA) is 69.4 Å². The minimum Gasteiger partial charge on any atom is -0.442 e. The lowest BCUT2D eigenvalue weighted by Gasteiger charge is -2.31. The van der Waals surface area contributed by atoms with E-state index < -0.39 is 0 Å². The number of Topliss-reactive ketones (excluding diaryl/α,β-unsaturated/α-hetero) is 1. The molecule has 0 unspecified atom stereocenters. The molecule has 4 aromatic rings. The summed E-state index contributed by atoms with van der Waals surface area (Å²) in [5.41, 5.74) is 4.16. The van der Waals surface area contributed by atoms with Gasteiger partial charge in [0.05, 0.1) is 5.56 Å². The first-order valence-electron chi connectivity index (χ1n) is 10.1. The first kappa shape index (κ1) is 17.1. The summed E-state index contributed by atoms with van der Waals surface area (Å²) in [5.74, 6) is 1.75. The number of ether oxygens (including phenoxy) is 1. The van der Waals surface area contributed by atoms with Crippen LogP contribution in [0.25, 0.3) is 17.0 Å². The highest BCUT2D eigenvalue weighted by Gasteiger charge is 2.39. The molecule has 2 aliphatic rings. The largest absolute Gasteiger partial charge is 0.442 e. The van der Waals surface area contributed by atoms with Crippen LogP contribution in [0.2, 0.25) is 0 Å². The zero-order chi connectivity index (χ0) is 20.1. The van der Waals surface area contributed by atoms with Crippen LogP contribution in [0.4, 0.5) is 0 Å². The highest BCUT2D eigenvalue weighted by Crippen LogP contribution is 2.47. The van der Waals surface area contributed by atoms with E-state index in [0.29, 0.717) is 23.8 Å². The molecular weight excluding hydrogens is 376 g/mol. The van der Waals surface area contributed by atoms with Crippen LogP contribution in [0.1, 0.15) is 36.3 Å². The number of rotatable bonds is 2. The highest BCUT2D eigenvalue weighted by molar-refractivity contribution is 6.00. The van der Waals surface area contributed by atoms with Crippen molar-refractivity contribution in [3.8, 4) is 17.3 Å². The van der Waals surface area contributed by atoms with Crippen molar-refractivity contribution in [3.63, 3.8) is 0 Å². The molecule has 0 spiro atoms. The van der Waals surface area contributed by atoms with E-state index in [2.05, 4.69) is 10.1 Å². The SMILES string of the molecule is O=C1CCCC2=C1[C@H](c1ccccc1)c1c(ncn3nc(-c4ccccc4)nc13)O2. The Morgan fingerprint density at radius 3 is 2.53 bits per heavy atom. The van der Waals surface area contributed by atoms with E-state index in [4.69, 9.17) is 9.72 Å². The normalized spacial score (nSPS) is 18.1. The standard InChI is InChI=1S/C24H18N4O2/c29-17-12-7-13-18-20(17)19(15-8-3-1-4-9-15)21-23-26-22(16-10-5-2-6-11-16)27-28(23)14-25-24(21)30-18/h1-6,8-11,14,19H,7,12-13H2/t19-/m0/s1. The Balaban J connectivity index is 1.62. The van der Waals surface area contributed by atoms with E-state index in [1.165, 1.54) is 0 Å². The smallest absolute Gasteiger partial charge is 0.228 e. The Hall–Kier alpha value is -3.80. The molecule has 1 atom stereocenters. The van der Waals surface area contributed by atoms with Gasteiger partial charge in [0.2, 0.25) is 5.88 Å². The van der Waals surface area contributed by atoms with E-state index >= 15 is 0 Å². The fourth-order valence-electron chi connectivity index (χ4n) is 4.41. The highest BCUT2D eigenvalue weighted by atomic mass is 16.5. The van der Waals surface area contributed by atoms with Crippen molar-refractivity contribution < 1.29 is 9.53 Å². The van der Waals surface area contributed by atoms with Crippen LogP contribution in [-0.4, -0.2) is 25.4 Å². The third-order valence-corrected chi connectivity index (χ3v) is 5.76. The molecule has 1 aliphatic carbocycles. The van der Waals surface area contributed by atoms with Gasteiger partial charge in [0.25, 0.3) is 0 Å². The summed E-state index contributed by atoms with van der Waals surface area (Å²) in [7, 11) is 0. The zero-order valence-electron chi connectivity index (χ0n) is 16.2. The summed E-state index contributed by atoms with van der Waals surface area (Å²) in [4.78, 5) is 22.4. The molecule has 3 heterocycles. The van der Waals surface area contributed by atoms with Crippen LogP contribution in [0.5, 0.6) is 5.88 Å². The third kappa shape index (κ3) is 2.57. The van der Waals surface area contributed by atoms with E-state index in [0.717, 1.165) is 40.9 Å². The lowest BCUT2D eigenvalue weighted by Crippen LogP contribution is -2.26. The van der Waals surface area contributed by atoms with E-state index in [9.17, 15) is 4.79 Å². The molecule has 0 saturated heterocycles. The van der Waals surface area contributed by atoms with Gasteiger partial charge in [-0.05, 0) is 12.0 Å². The molecule has 6 heteroatoms. The summed E-state index contributed by atoms with van der Waals surface area (Å²) in [5, 5.41) is 4.63. The van der Waals surface area contributed by atoms with Crippen LogP contribution in [0, 0.1) is 0 Å². The van der Waals surface area contributed by atoms with Gasteiger partial charge in [-0.15, -0.1) is 5.10 Å². The van der Waals surface area contributed by atoms with Gasteiger partial charge in [-0.1, -0.05) is 60.7 Å². The van der Waals surface area contributed by atoms with Crippen LogP contribution in [-0.2, 0) is 4.79 Å². The summed E-state index contributed by atoms with van der Waals surface area (Å²) in [6.07, 6.45) is 3.73. The number of hydrogen-bond acceptors (Lipinski definition) is 5. The summed E-state index contributed by atoms with van der Waals surface area (Å²) < 4.78 is 7.83. The van der Waals surface area contributed by atoms with Crippen molar-refractivity contribution in [2.45, 2.75) is 25.2 Å². The molecule has 2 aromatic carbocycles. The fourth-order valence-corrected chi connectivity index (χ4v) is 4.41. The van der Waals surface area contributed by atoms with Crippen LogP contribution in [0.15, 0.2) is 78.3 Å². The number of carbonyl (C=O) groups excluding carboxylic acids is 1. The summed E-state index contributed by atoms with van der Waals surface area (Å²) in [6, 6.07) is 19.9. The first-order valence-corrected chi connectivity index (χ1v) is 10.1. The fraction of sp³-hybridized carbons (Fsp3) is 0.167. The van der Waals surface area contributed by atoms with Crippen molar-refractivity contribution in [3.05, 3.63) is 89.5 Å². The predicted octanol–water partition coefficient (Wildman–Crippen LogP) is 4.32. The maximum absolute atomic E-state index is 13.0. The number of allylic oxidation sites excluding steroid dienone is 2. The van der Waals surface area contributed by atoms with Crippen molar-refractivity contribution in [2.75, 3.05) is 0 Å². The minimum atomic E-state index is -0.262. The summed E-state index contributed by atoms with van der Waals surface area (Å²) in [6.45, 7) is 0. The minimum absolute atomic E-state index is 0.139. The van der Waals surface area contributed by atoms with Crippen molar-refractivity contribution in [2.24, 2.45) is 0 Å². The van der Waals surface area contributed by atoms with Crippen LogP contribution < -0.4 is 4.74 Å². The molecule has 0 amide bonds. The molecule has 30 heavy (non-hydrogen) atoms. The maximum atomic E-state index is 13.0. The Labute approximate surface area is 172 Å². The van der Waals surface area contributed by atoms with Gasteiger partial charge >= 0.3 is 0 Å². The van der Waals surface area contributed by atoms with Gasteiger partial charge in [-0.25, -0.2) is 14.5 Å². The predicted molar refractivity (Wildman–Crippen MR) is 111 cm³/mol. The lowest BCUT2D eigenvalue weighted by molar-refractivity contribution is -0.116. The maximum Gasteiger partial charge on any atom is 0.228 e. The Morgan fingerprint density at radius 1 is 0.967 bits per heavy atom. The monoisotopic (exact) mass is 394 g/mol. The second kappa shape index (κ2) is 6.62. The van der Waals surface area contributed by atoms with Crippen molar-refractivity contribution >= 4 is 11.4 Å². The Morgan fingerprint density at radius 2 is 1.73 bits per heavy atom. The van der Waals surface area contributed by atoms with Crippen molar-refractivity contribution in [1.82, 2.24) is 19.6 Å². The molecule has 6 nitrogen and oxygen atoms in total. The molecule has 0 radical (unpaired) electrons. The summed E-state index contributed by atoms with van der Waals surface area (Å²) >= 11 is 0. The van der Waals surface area contributed by atoms with Crippen LogP contribution >= 0.6 is 0 Å². The third-order valence-electron chi connectivity index (χ3n) is 5.76. The quantitative estimate of drug-likeness (QED) is 0.506. The van der Waals surface area contributed by atoms with Gasteiger partial charge in [0.1, 0.15) is 12.1 Å². The number of benzene rings is 2. The van der Waals surface area contributed by atoms with Crippen LogP contribution in [0.3, 0.4) is 0 Å². The number of fused-ring (bicyclic) bond motifs is 3. The number of hydrogen-bond donors (Lipinski definition) is 0. The Kier molecular flexibility index (Phi) is 3.77. The number of carbonyl (C=O) groups is 1. The van der Waals surface area contributed by atoms with E-state index in [1.54, 1.807) is 10.8 Å². The molecule has 0 N–H and O–H groups in total. The molecule has 0 fully saturated rings. The lowest BCUT2D eigenvalue weighted by atomic mass is 9.78. The molecule has 146 valence electrons. The van der Waals surface area contributed by atoms with Gasteiger partial charge < -0.3 is 4.74 Å². The second-order valence-electron chi connectivity index (χ2n) is 7.59. The molecule has 1 aliphatic heterocycles. The number of aromatic nitrogens is 4. The second-order valence-corrected chi connectivity index (χ2v) is 7.59. The Bertz CT molecular complexity index is 1310. The number of ketones is 1.